The molecule has 21 heavy (non-hydrogen) atoms. The maximum absolute atomic E-state index is 14.0. The van der Waals surface area contributed by atoms with Crippen LogP contribution in [0.2, 0.25) is 0 Å². The van der Waals surface area contributed by atoms with Crippen LogP contribution in [-0.2, 0) is 4.74 Å². The quantitative estimate of drug-likeness (QED) is 0.657. The van der Waals surface area contributed by atoms with Gasteiger partial charge in [-0.1, -0.05) is 44.4 Å². The first-order chi connectivity index (χ1) is 9.94. The maximum Gasteiger partial charge on any atom is 0.129 e. The third-order valence-electron chi connectivity index (χ3n) is 3.39. The van der Waals surface area contributed by atoms with E-state index in [0.717, 1.165) is 6.42 Å². The van der Waals surface area contributed by atoms with E-state index < -0.39 is 0 Å². The van der Waals surface area contributed by atoms with Gasteiger partial charge in [-0.15, -0.1) is 0 Å². The van der Waals surface area contributed by atoms with Crippen molar-refractivity contribution in [1.29, 1.82) is 0 Å². The number of hydrogen-bond acceptors (Lipinski definition) is 2. The van der Waals surface area contributed by atoms with Crippen molar-refractivity contribution in [3.05, 3.63) is 35.6 Å². The third-order valence-corrected chi connectivity index (χ3v) is 3.39. The van der Waals surface area contributed by atoms with Crippen LogP contribution in [0.15, 0.2) is 24.3 Å². The van der Waals surface area contributed by atoms with E-state index in [4.69, 9.17) is 4.74 Å². The molecule has 1 N–H and O–H groups in total. The summed E-state index contributed by atoms with van der Waals surface area (Å²) in [6.07, 6.45) is 4.42. The molecule has 0 aliphatic heterocycles. The van der Waals surface area contributed by atoms with Crippen LogP contribution >= 0.6 is 0 Å². The van der Waals surface area contributed by atoms with Crippen LogP contribution in [0.5, 0.6) is 0 Å². The van der Waals surface area contributed by atoms with Crippen molar-refractivity contribution in [2.75, 3.05) is 13.2 Å². The molecule has 2 nitrogen and oxygen atoms in total. The lowest BCUT2D eigenvalue weighted by molar-refractivity contribution is 0.0434. The summed E-state index contributed by atoms with van der Waals surface area (Å²) in [5, 5.41) is 3.41. The van der Waals surface area contributed by atoms with Gasteiger partial charge in [0.1, 0.15) is 5.82 Å². The second kappa shape index (κ2) is 9.16. The number of rotatable bonds is 9. The average Bonchev–Trinajstić information content (AvgIpc) is 2.42. The minimum atomic E-state index is -0.230. The molecule has 1 atom stereocenters. The molecule has 0 aliphatic rings. The van der Waals surface area contributed by atoms with E-state index >= 15 is 0 Å². The molecule has 0 saturated carbocycles. The third kappa shape index (κ3) is 7.58. The highest BCUT2D eigenvalue weighted by Gasteiger charge is 2.19. The topological polar surface area (TPSA) is 21.3 Å². The first-order valence-corrected chi connectivity index (χ1v) is 8.05. The van der Waals surface area contributed by atoms with Gasteiger partial charge in [0, 0.05) is 24.3 Å². The van der Waals surface area contributed by atoms with Gasteiger partial charge in [-0.3, -0.25) is 0 Å². The SMILES string of the molecule is CCCCCCOC(CNC(C)(C)C)c1ccccc1F. The summed E-state index contributed by atoms with van der Waals surface area (Å²) in [6.45, 7) is 9.81. The van der Waals surface area contributed by atoms with Gasteiger partial charge >= 0.3 is 0 Å². The van der Waals surface area contributed by atoms with E-state index in [9.17, 15) is 4.39 Å². The predicted molar refractivity (Wildman–Crippen MR) is 87.0 cm³/mol. The zero-order valence-electron chi connectivity index (χ0n) is 13.9. The van der Waals surface area contributed by atoms with Gasteiger partial charge in [0.2, 0.25) is 0 Å². The highest BCUT2D eigenvalue weighted by Crippen LogP contribution is 2.21. The van der Waals surface area contributed by atoms with Gasteiger partial charge in [0.15, 0.2) is 0 Å². The molecule has 0 amide bonds. The number of ether oxygens (including phenoxy) is 1. The highest BCUT2D eigenvalue weighted by molar-refractivity contribution is 5.20. The molecular formula is C18H30FNO. The Labute approximate surface area is 129 Å². The van der Waals surface area contributed by atoms with Crippen molar-refractivity contribution in [3.63, 3.8) is 0 Å². The van der Waals surface area contributed by atoms with Gasteiger partial charge in [-0.05, 0) is 33.3 Å². The molecule has 1 aromatic rings. The largest absolute Gasteiger partial charge is 0.372 e. The summed E-state index contributed by atoms with van der Waals surface area (Å²) >= 11 is 0. The van der Waals surface area contributed by atoms with E-state index in [1.807, 2.05) is 12.1 Å². The molecule has 1 rings (SSSR count). The second-order valence-electron chi connectivity index (χ2n) is 6.57. The molecular weight excluding hydrogens is 265 g/mol. The molecule has 0 bridgehead atoms. The second-order valence-corrected chi connectivity index (χ2v) is 6.57. The van der Waals surface area contributed by atoms with Crippen molar-refractivity contribution in [2.24, 2.45) is 0 Å². The number of halogens is 1. The van der Waals surface area contributed by atoms with Crippen molar-refractivity contribution in [2.45, 2.75) is 65.0 Å². The maximum atomic E-state index is 14.0. The average molecular weight is 295 g/mol. The fourth-order valence-electron chi connectivity index (χ4n) is 2.15. The zero-order valence-corrected chi connectivity index (χ0v) is 13.9. The molecule has 0 heterocycles. The van der Waals surface area contributed by atoms with Gasteiger partial charge in [-0.2, -0.15) is 0 Å². The van der Waals surface area contributed by atoms with Crippen molar-refractivity contribution >= 4 is 0 Å². The van der Waals surface area contributed by atoms with Crippen LogP contribution in [0, 0.1) is 5.82 Å². The Kier molecular flexibility index (Phi) is 7.91. The summed E-state index contributed by atoms with van der Waals surface area (Å²) in [7, 11) is 0. The minimum absolute atomic E-state index is 0.00488. The highest BCUT2D eigenvalue weighted by atomic mass is 19.1. The Morgan fingerprint density at radius 3 is 2.48 bits per heavy atom. The summed E-state index contributed by atoms with van der Waals surface area (Å²) in [6, 6.07) is 6.90. The summed E-state index contributed by atoms with van der Waals surface area (Å²) in [5.41, 5.74) is 0.638. The minimum Gasteiger partial charge on any atom is -0.372 e. The lowest BCUT2D eigenvalue weighted by Gasteiger charge is -2.26. The molecule has 3 heteroatoms. The fourth-order valence-corrected chi connectivity index (χ4v) is 2.15. The Balaban J connectivity index is 2.60. The molecule has 0 spiro atoms. The lowest BCUT2D eigenvalue weighted by Crippen LogP contribution is -2.39. The van der Waals surface area contributed by atoms with Crippen LogP contribution < -0.4 is 5.32 Å². The number of benzene rings is 1. The van der Waals surface area contributed by atoms with Gasteiger partial charge in [-0.25, -0.2) is 4.39 Å². The molecule has 0 aliphatic carbocycles. The van der Waals surface area contributed by atoms with E-state index in [0.29, 0.717) is 18.7 Å². The van der Waals surface area contributed by atoms with Crippen LogP contribution in [0.1, 0.15) is 65.0 Å². The monoisotopic (exact) mass is 295 g/mol. The molecule has 120 valence electrons. The van der Waals surface area contributed by atoms with Gasteiger partial charge in [0.25, 0.3) is 0 Å². The summed E-state index contributed by atoms with van der Waals surface area (Å²) < 4.78 is 19.9. The first-order valence-electron chi connectivity index (χ1n) is 8.05. The molecule has 1 unspecified atom stereocenters. The van der Waals surface area contributed by atoms with Crippen LogP contribution in [0.25, 0.3) is 0 Å². The molecule has 1 aromatic carbocycles. The van der Waals surface area contributed by atoms with E-state index in [1.54, 1.807) is 6.07 Å². The van der Waals surface area contributed by atoms with Gasteiger partial charge < -0.3 is 10.1 Å². The Morgan fingerprint density at radius 1 is 1.14 bits per heavy atom. The van der Waals surface area contributed by atoms with Crippen molar-refractivity contribution < 1.29 is 9.13 Å². The molecule has 0 aromatic heterocycles. The van der Waals surface area contributed by atoms with Gasteiger partial charge in [0.05, 0.1) is 6.10 Å². The Bertz CT molecular complexity index is 400. The molecule has 0 radical (unpaired) electrons. The lowest BCUT2D eigenvalue weighted by atomic mass is 10.1. The van der Waals surface area contributed by atoms with Crippen LogP contribution in [0.4, 0.5) is 4.39 Å². The van der Waals surface area contributed by atoms with Crippen molar-refractivity contribution in [3.8, 4) is 0 Å². The first kappa shape index (κ1) is 18.1. The zero-order chi connectivity index (χ0) is 15.7. The normalized spacial score (nSPS) is 13.4. The van der Waals surface area contributed by atoms with E-state index in [2.05, 4.69) is 33.0 Å². The number of nitrogens with one attached hydrogen (secondary N) is 1. The predicted octanol–water partition coefficient (Wildman–Crippen LogP) is 4.85. The van der Waals surface area contributed by atoms with E-state index in [1.165, 1.54) is 25.3 Å². The molecule has 0 saturated heterocycles. The van der Waals surface area contributed by atoms with E-state index in [-0.39, 0.29) is 17.5 Å². The Morgan fingerprint density at radius 2 is 1.86 bits per heavy atom. The Hall–Kier alpha value is -0.930. The van der Waals surface area contributed by atoms with Crippen molar-refractivity contribution in [1.82, 2.24) is 5.32 Å². The fraction of sp³-hybridized carbons (Fsp3) is 0.667. The summed E-state index contributed by atoms with van der Waals surface area (Å²) in [5.74, 6) is -0.188. The number of unbranched alkanes of at least 4 members (excludes halogenated alkanes) is 3. The smallest absolute Gasteiger partial charge is 0.129 e. The van der Waals surface area contributed by atoms with Crippen LogP contribution in [-0.4, -0.2) is 18.7 Å². The van der Waals surface area contributed by atoms with Crippen LogP contribution in [0.3, 0.4) is 0 Å². The molecule has 0 fully saturated rings. The standard InChI is InChI=1S/C18H30FNO/c1-5-6-7-10-13-21-17(14-20-18(2,3)4)15-11-8-9-12-16(15)19/h8-9,11-12,17,20H,5-7,10,13-14H2,1-4H3. The number of hydrogen-bond donors (Lipinski definition) is 1. The summed E-state index contributed by atoms with van der Waals surface area (Å²) in [4.78, 5) is 0.